The second-order valence-corrected chi connectivity index (χ2v) is 13.2. The van der Waals surface area contributed by atoms with Crippen LogP contribution in [0.5, 0.6) is 0 Å². The SMILES string of the molecule is NC(N)=Nc1ccc(CNC(=O)N2CCN(C(=O)OC3CCCC(OC(=O)N4CCN(C(=O)CCc5ccc(N)nc5)CC4)CCC3)CC2)cc1. The highest BCUT2D eigenvalue weighted by Crippen LogP contribution is 2.24. The quantitative estimate of drug-likeness (QED) is 0.232. The van der Waals surface area contributed by atoms with Gasteiger partial charge in [-0.2, -0.15) is 0 Å². The number of anilines is 1. The number of benzene rings is 1. The molecule has 3 aliphatic rings. The molecule has 0 unspecified atom stereocenters. The number of nitrogens with one attached hydrogen (secondary N) is 1. The Morgan fingerprint density at radius 1 is 0.725 bits per heavy atom. The van der Waals surface area contributed by atoms with Crippen molar-refractivity contribution in [3.05, 3.63) is 53.7 Å². The van der Waals surface area contributed by atoms with E-state index < -0.39 is 0 Å². The van der Waals surface area contributed by atoms with Crippen molar-refractivity contribution in [3.63, 3.8) is 0 Å². The van der Waals surface area contributed by atoms with E-state index in [1.165, 1.54) is 0 Å². The van der Waals surface area contributed by atoms with E-state index in [1.807, 2.05) is 18.2 Å². The maximum Gasteiger partial charge on any atom is 0.410 e. The molecule has 1 saturated carbocycles. The van der Waals surface area contributed by atoms with Crippen LogP contribution in [0.25, 0.3) is 0 Å². The van der Waals surface area contributed by atoms with Gasteiger partial charge in [0.05, 0.1) is 5.69 Å². The summed E-state index contributed by atoms with van der Waals surface area (Å²) in [7, 11) is 0. The Morgan fingerprint density at radius 2 is 1.24 bits per heavy atom. The van der Waals surface area contributed by atoms with Crippen LogP contribution in [0.15, 0.2) is 47.6 Å². The molecule has 51 heavy (non-hydrogen) atoms. The number of guanidine groups is 1. The molecule has 2 saturated heterocycles. The number of urea groups is 1. The van der Waals surface area contributed by atoms with Crippen LogP contribution in [0.4, 0.5) is 25.9 Å². The zero-order valence-corrected chi connectivity index (χ0v) is 29.1. The molecule has 0 spiro atoms. The molecule has 1 aromatic carbocycles. The van der Waals surface area contributed by atoms with Gasteiger partial charge in [0.2, 0.25) is 5.91 Å². The van der Waals surface area contributed by atoms with E-state index in [2.05, 4.69) is 15.3 Å². The number of hydrogen-bond donors (Lipinski definition) is 4. The van der Waals surface area contributed by atoms with E-state index in [9.17, 15) is 19.2 Å². The number of aryl methyl sites for hydroxylation is 1. The summed E-state index contributed by atoms with van der Waals surface area (Å²) < 4.78 is 11.8. The summed E-state index contributed by atoms with van der Waals surface area (Å²) in [5.41, 5.74) is 18.9. The fourth-order valence-corrected chi connectivity index (χ4v) is 6.46. The molecule has 5 amide bonds. The molecule has 2 aromatic rings. The van der Waals surface area contributed by atoms with Crippen molar-refractivity contribution in [2.24, 2.45) is 16.5 Å². The Morgan fingerprint density at radius 3 is 1.75 bits per heavy atom. The Kier molecular flexibility index (Phi) is 13.1. The predicted molar refractivity (Wildman–Crippen MR) is 191 cm³/mol. The number of hydrogen-bond acceptors (Lipinski definition) is 9. The van der Waals surface area contributed by atoms with E-state index in [4.69, 9.17) is 26.7 Å². The van der Waals surface area contributed by atoms with Gasteiger partial charge in [-0.25, -0.2) is 24.4 Å². The third-order valence-corrected chi connectivity index (χ3v) is 9.47. The van der Waals surface area contributed by atoms with Gasteiger partial charge in [-0.15, -0.1) is 0 Å². The van der Waals surface area contributed by atoms with Gasteiger partial charge < -0.3 is 51.6 Å². The largest absolute Gasteiger partial charge is 0.446 e. The van der Waals surface area contributed by atoms with Gasteiger partial charge in [0.1, 0.15) is 18.0 Å². The smallest absolute Gasteiger partial charge is 0.410 e. The van der Waals surface area contributed by atoms with Gasteiger partial charge in [0.15, 0.2) is 5.96 Å². The zero-order valence-electron chi connectivity index (χ0n) is 29.1. The highest BCUT2D eigenvalue weighted by molar-refractivity contribution is 5.79. The molecule has 1 aromatic heterocycles. The number of amides is 5. The normalized spacial score (nSPS) is 19.7. The Hall–Kier alpha value is -5.28. The highest BCUT2D eigenvalue weighted by Gasteiger charge is 2.30. The number of nitrogens with zero attached hydrogens (tertiary/aromatic N) is 6. The van der Waals surface area contributed by atoms with Crippen LogP contribution in [0.2, 0.25) is 0 Å². The molecule has 3 fully saturated rings. The molecule has 16 heteroatoms. The molecule has 3 heterocycles. The number of carbonyl (C=O) groups is 4. The third-order valence-electron chi connectivity index (χ3n) is 9.47. The van der Waals surface area contributed by atoms with Gasteiger partial charge in [0.25, 0.3) is 0 Å². The number of pyridine rings is 1. The molecule has 2 aliphatic heterocycles. The average Bonchev–Trinajstić information content (AvgIpc) is 3.12. The first-order valence-corrected chi connectivity index (χ1v) is 17.7. The van der Waals surface area contributed by atoms with E-state index in [1.54, 1.807) is 44.0 Å². The van der Waals surface area contributed by atoms with Crippen LogP contribution in [0, 0.1) is 0 Å². The number of ether oxygens (including phenoxy) is 2. The average molecular weight is 707 g/mol. The predicted octanol–water partition coefficient (Wildman–Crippen LogP) is 2.54. The van der Waals surface area contributed by atoms with Crippen LogP contribution in [0.3, 0.4) is 0 Å². The first-order chi connectivity index (χ1) is 24.6. The minimum Gasteiger partial charge on any atom is -0.446 e. The lowest BCUT2D eigenvalue weighted by Gasteiger charge is -2.36. The molecular formula is C35H50N10O6. The van der Waals surface area contributed by atoms with Gasteiger partial charge in [-0.05, 0) is 74.3 Å². The molecule has 5 rings (SSSR count). The van der Waals surface area contributed by atoms with Gasteiger partial charge in [-0.3, -0.25) is 4.79 Å². The Bertz CT molecular complexity index is 1490. The monoisotopic (exact) mass is 706 g/mol. The summed E-state index contributed by atoms with van der Waals surface area (Å²) >= 11 is 0. The second kappa shape index (κ2) is 18.1. The number of aromatic nitrogens is 1. The summed E-state index contributed by atoms with van der Waals surface area (Å²) in [6, 6.07) is 10.7. The Labute approximate surface area is 298 Å². The van der Waals surface area contributed by atoms with Crippen molar-refractivity contribution in [2.75, 3.05) is 58.1 Å². The molecule has 16 nitrogen and oxygen atoms in total. The van der Waals surface area contributed by atoms with Gasteiger partial charge in [0, 0.05) is 71.5 Å². The summed E-state index contributed by atoms with van der Waals surface area (Å²) in [5.74, 6) is 0.492. The number of nitrogen functional groups attached to an aromatic ring is 1. The van der Waals surface area contributed by atoms with Crippen molar-refractivity contribution in [2.45, 2.75) is 70.1 Å². The van der Waals surface area contributed by atoms with Crippen molar-refractivity contribution in [1.29, 1.82) is 0 Å². The van der Waals surface area contributed by atoms with E-state index in [0.717, 1.165) is 24.0 Å². The maximum atomic E-state index is 13.0. The highest BCUT2D eigenvalue weighted by atomic mass is 16.6. The molecule has 0 bridgehead atoms. The molecule has 0 radical (unpaired) electrons. The lowest BCUT2D eigenvalue weighted by molar-refractivity contribution is -0.132. The topological polar surface area (TPSA) is 215 Å². The maximum absolute atomic E-state index is 13.0. The fraction of sp³-hybridized carbons (Fsp3) is 0.543. The lowest BCUT2D eigenvalue weighted by atomic mass is 9.96. The van der Waals surface area contributed by atoms with Gasteiger partial charge >= 0.3 is 18.2 Å². The standard InChI is InChI=1S/C35H50N10O6/c36-30-13-9-26(23-39-30)10-14-31(46)42-15-19-44(20-16-42)34(48)50-28-3-1-5-29(6-2-4-28)51-35(49)45-21-17-43(18-22-45)33(47)40-24-25-7-11-27(12-8-25)41-32(37)38/h7-9,11-13,23,28-29H,1-6,10,14-22,24H2,(H2,36,39)(H,40,47)(H4,37,38,41). The number of rotatable bonds is 8. The first-order valence-electron chi connectivity index (χ1n) is 17.7. The number of aliphatic imine (C=N–C) groups is 1. The number of nitrogens with two attached hydrogens (primary N) is 3. The zero-order chi connectivity index (χ0) is 36.2. The number of piperazine rings is 2. The van der Waals surface area contributed by atoms with Crippen molar-refractivity contribution in [3.8, 4) is 0 Å². The minimum atomic E-state index is -0.357. The molecule has 7 N–H and O–H groups in total. The molecular weight excluding hydrogens is 656 g/mol. The Balaban J connectivity index is 0.940. The van der Waals surface area contributed by atoms with E-state index in [-0.39, 0.29) is 42.3 Å². The van der Waals surface area contributed by atoms with Crippen LogP contribution in [-0.4, -0.2) is 119 Å². The van der Waals surface area contributed by atoms with Crippen LogP contribution < -0.4 is 22.5 Å². The summed E-state index contributed by atoms with van der Waals surface area (Å²) in [6.07, 6.45) is 5.92. The van der Waals surface area contributed by atoms with Crippen molar-refractivity contribution >= 4 is 41.6 Å². The van der Waals surface area contributed by atoms with Crippen LogP contribution >= 0.6 is 0 Å². The summed E-state index contributed by atoms with van der Waals surface area (Å²) in [4.78, 5) is 66.2. The van der Waals surface area contributed by atoms with Crippen molar-refractivity contribution in [1.82, 2.24) is 29.9 Å². The fourth-order valence-electron chi connectivity index (χ4n) is 6.46. The number of carbonyl (C=O) groups excluding carboxylic acids is 4. The summed E-state index contributed by atoms with van der Waals surface area (Å²) in [5, 5.41) is 2.92. The van der Waals surface area contributed by atoms with E-state index >= 15 is 0 Å². The second-order valence-electron chi connectivity index (χ2n) is 13.2. The van der Waals surface area contributed by atoms with Crippen molar-refractivity contribution < 1.29 is 28.7 Å². The molecule has 0 atom stereocenters. The molecule has 1 aliphatic carbocycles. The van der Waals surface area contributed by atoms with Crippen LogP contribution in [-0.2, 0) is 27.2 Å². The van der Waals surface area contributed by atoms with Crippen LogP contribution in [0.1, 0.15) is 56.1 Å². The lowest BCUT2D eigenvalue weighted by Crippen LogP contribution is -2.53. The summed E-state index contributed by atoms with van der Waals surface area (Å²) in [6.45, 7) is 3.81. The first kappa shape index (κ1) is 37.0. The minimum absolute atomic E-state index is 0.0164. The molecule has 276 valence electrons. The van der Waals surface area contributed by atoms with E-state index in [0.29, 0.717) is 109 Å². The van der Waals surface area contributed by atoms with Gasteiger partial charge in [-0.1, -0.05) is 18.2 Å². The third kappa shape index (κ3) is 11.4.